The summed E-state index contributed by atoms with van der Waals surface area (Å²) in [4.78, 5) is 32.8. The van der Waals surface area contributed by atoms with Gasteiger partial charge in [0.25, 0.3) is 11.9 Å². The number of aliphatic carboxylic acids is 1. The Labute approximate surface area is 223 Å². The van der Waals surface area contributed by atoms with E-state index >= 15 is 0 Å². The molecule has 4 aromatic rings. The summed E-state index contributed by atoms with van der Waals surface area (Å²) in [5.74, 6) is 0.421. The zero-order valence-corrected chi connectivity index (χ0v) is 21.3. The van der Waals surface area contributed by atoms with Crippen molar-refractivity contribution in [2.75, 3.05) is 12.4 Å². The molecule has 13 nitrogen and oxygen atoms in total. The van der Waals surface area contributed by atoms with Crippen molar-refractivity contribution in [2.45, 2.75) is 32.1 Å². The number of aromatic amines is 1. The van der Waals surface area contributed by atoms with Gasteiger partial charge in [-0.25, -0.2) is 14.8 Å². The molecule has 0 amide bonds. The molecule has 13 heteroatoms. The summed E-state index contributed by atoms with van der Waals surface area (Å²) in [5.41, 5.74) is 8.40. The first-order valence-electron chi connectivity index (χ1n) is 11.9. The van der Waals surface area contributed by atoms with Crippen LogP contribution in [-0.2, 0) is 16.0 Å². The molecule has 39 heavy (non-hydrogen) atoms. The lowest BCUT2D eigenvalue weighted by atomic mass is 9.99. The third-order valence-corrected chi connectivity index (χ3v) is 5.75. The molecule has 3 heterocycles. The van der Waals surface area contributed by atoms with Crippen molar-refractivity contribution in [1.29, 1.82) is 5.41 Å². The molecule has 2 aromatic heterocycles. The third kappa shape index (κ3) is 6.64. The Morgan fingerprint density at radius 2 is 1.95 bits per heavy atom. The Kier molecular flexibility index (Phi) is 8.31. The van der Waals surface area contributed by atoms with E-state index in [1.807, 2.05) is 30.3 Å². The molecule has 0 fully saturated rings. The number of hydrogen-bond donors (Lipinski definition) is 5. The van der Waals surface area contributed by atoms with Gasteiger partial charge >= 0.3 is 5.69 Å². The zero-order chi connectivity index (χ0) is 27.9. The number of aromatic nitrogens is 5. The number of hydrogen-bond acceptors (Lipinski definition) is 9. The van der Waals surface area contributed by atoms with Gasteiger partial charge in [-0.05, 0) is 53.9 Å². The largest absolute Gasteiger partial charge is 0.481 e. The molecule has 0 radical (unpaired) electrons. The van der Waals surface area contributed by atoms with Crippen molar-refractivity contribution in [3.8, 4) is 11.7 Å². The second kappa shape index (κ2) is 12.0. The molecule has 202 valence electrons. The summed E-state index contributed by atoms with van der Waals surface area (Å²) in [6.07, 6.45) is 4.40. The molecular weight excluding hydrogens is 504 g/mol. The van der Waals surface area contributed by atoms with Gasteiger partial charge in [0.1, 0.15) is 17.6 Å². The molecule has 1 aliphatic heterocycles. The van der Waals surface area contributed by atoms with Crippen LogP contribution in [0.2, 0.25) is 0 Å². The zero-order valence-electron chi connectivity index (χ0n) is 21.3. The van der Waals surface area contributed by atoms with Gasteiger partial charge in [-0.2, -0.15) is 0 Å². The molecule has 0 spiro atoms. The highest BCUT2D eigenvalue weighted by Crippen LogP contribution is 2.33. The number of fused-ring (bicyclic) bond motifs is 1. The number of carboxylic acids is 1. The van der Waals surface area contributed by atoms with Gasteiger partial charge in [0.15, 0.2) is 12.1 Å². The summed E-state index contributed by atoms with van der Waals surface area (Å²) in [7, 11) is 1.62. The van der Waals surface area contributed by atoms with E-state index in [4.69, 9.17) is 30.5 Å². The molecule has 0 saturated heterocycles. The van der Waals surface area contributed by atoms with Crippen LogP contribution >= 0.6 is 0 Å². The van der Waals surface area contributed by atoms with Crippen molar-refractivity contribution in [3.63, 3.8) is 0 Å². The Bertz CT molecular complexity index is 1500. The fourth-order valence-electron chi connectivity index (χ4n) is 3.94. The highest BCUT2D eigenvalue weighted by molar-refractivity contribution is 5.95. The second-order valence-corrected chi connectivity index (χ2v) is 8.55. The highest BCUT2D eigenvalue weighted by Gasteiger charge is 2.25. The number of anilines is 1. The first-order valence-corrected chi connectivity index (χ1v) is 11.9. The lowest BCUT2D eigenvalue weighted by Gasteiger charge is -2.26. The first-order chi connectivity index (χ1) is 18.7. The molecule has 0 saturated carbocycles. The number of nitrogens with one attached hydrogen (secondary N) is 3. The summed E-state index contributed by atoms with van der Waals surface area (Å²) >= 11 is 0. The predicted molar refractivity (Wildman–Crippen MR) is 142 cm³/mol. The van der Waals surface area contributed by atoms with Gasteiger partial charge in [-0.3, -0.25) is 15.2 Å². The fourth-order valence-corrected chi connectivity index (χ4v) is 3.94. The number of nitrogens with two attached hydrogens (primary N) is 1. The summed E-state index contributed by atoms with van der Waals surface area (Å²) in [6, 6.07) is 14.2. The van der Waals surface area contributed by atoms with Gasteiger partial charge in [0, 0.05) is 44.1 Å². The molecular formula is C26H28N8O5. The van der Waals surface area contributed by atoms with Gasteiger partial charge < -0.3 is 25.6 Å². The maximum absolute atomic E-state index is 12.7. The van der Waals surface area contributed by atoms with Crippen molar-refractivity contribution in [3.05, 3.63) is 93.9 Å². The Balaban J connectivity index is 0.000000826. The van der Waals surface area contributed by atoms with Crippen LogP contribution in [-0.4, -0.2) is 55.0 Å². The van der Waals surface area contributed by atoms with E-state index in [-0.39, 0.29) is 18.1 Å². The number of amidine groups is 1. The smallest absolute Gasteiger partial charge is 0.350 e. The number of ether oxygens (including phenoxy) is 2. The number of carbonyl (C=O) groups is 1. The van der Waals surface area contributed by atoms with Crippen LogP contribution in [0.15, 0.2) is 65.7 Å². The highest BCUT2D eigenvalue weighted by atomic mass is 16.7. The van der Waals surface area contributed by atoms with E-state index in [2.05, 4.69) is 25.4 Å². The maximum Gasteiger partial charge on any atom is 0.350 e. The second-order valence-electron chi connectivity index (χ2n) is 8.55. The number of carboxylic acid groups (broad SMARTS) is 1. The van der Waals surface area contributed by atoms with E-state index in [0.29, 0.717) is 11.4 Å². The van der Waals surface area contributed by atoms with Gasteiger partial charge in [0.2, 0.25) is 0 Å². The molecule has 0 bridgehead atoms. The molecule has 2 atom stereocenters. The Hall–Kier alpha value is -5.04. The van der Waals surface area contributed by atoms with Crippen LogP contribution in [0.4, 0.5) is 5.69 Å². The van der Waals surface area contributed by atoms with E-state index in [0.717, 1.165) is 47.0 Å². The fraction of sp³-hybridized carbons (Fsp3) is 0.231. The predicted octanol–water partition coefficient (Wildman–Crippen LogP) is 2.22. The van der Waals surface area contributed by atoms with Crippen molar-refractivity contribution >= 4 is 17.5 Å². The van der Waals surface area contributed by atoms with Crippen molar-refractivity contribution in [1.82, 2.24) is 24.7 Å². The number of nitrogen functional groups attached to an aromatic ring is 1. The van der Waals surface area contributed by atoms with Crippen LogP contribution in [0.3, 0.4) is 0 Å². The summed E-state index contributed by atoms with van der Waals surface area (Å²) in [6.45, 7) is 1.08. The van der Waals surface area contributed by atoms with Crippen molar-refractivity contribution < 1.29 is 19.4 Å². The number of aryl methyl sites for hydroxylation is 1. The molecule has 1 unspecified atom stereocenters. The van der Waals surface area contributed by atoms with Crippen LogP contribution in [0, 0.1) is 5.41 Å². The van der Waals surface area contributed by atoms with E-state index in [9.17, 15) is 4.79 Å². The van der Waals surface area contributed by atoms with Gasteiger partial charge in [0.05, 0.1) is 0 Å². The number of nitrogens with zero attached hydrogens (tertiary/aromatic N) is 4. The molecule has 1 aliphatic rings. The van der Waals surface area contributed by atoms with Crippen molar-refractivity contribution in [2.24, 2.45) is 5.73 Å². The number of benzene rings is 2. The van der Waals surface area contributed by atoms with E-state index in [1.54, 1.807) is 37.7 Å². The van der Waals surface area contributed by atoms with Crippen LogP contribution in [0.1, 0.15) is 41.9 Å². The van der Waals surface area contributed by atoms with Crippen LogP contribution in [0.5, 0.6) is 5.75 Å². The number of H-pyrrole nitrogens is 1. The number of rotatable bonds is 7. The lowest BCUT2D eigenvalue weighted by Crippen LogP contribution is -2.24. The molecule has 6 N–H and O–H groups in total. The summed E-state index contributed by atoms with van der Waals surface area (Å²) < 4.78 is 12.5. The minimum Gasteiger partial charge on any atom is -0.481 e. The van der Waals surface area contributed by atoms with Gasteiger partial charge in [-0.1, -0.05) is 12.1 Å². The summed E-state index contributed by atoms with van der Waals surface area (Å²) in [5, 5.41) is 22.9. The standard InChI is InChI=1S/C24H24N8O3.C2H4O2/c1-34-19-10-7-14-3-4-16(13-18(14)35-19)20(29-17-8-5-15(6-9-17)21(25)26)22-30-24(33)32(31-22)23-27-11-2-12-28-23;1-2(3)4/h2-6,8-9,11-13,19-20,29H,7,10H2,1H3,(H3,25,26)(H,30,31,33);1H3,(H,3,4)/t19-,20?;/m0./s1. The molecule has 2 aromatic carbocycles. The average molecular weight is 533 g/mol. The Morgan fingerprint density at radius 1 is 1.26 bits per heavy atom. The lowest BCUT2D eigenvalue weighted by molar-refractivity contribution is -0.134. The minimum absolute atomic E-state index is 0.0152. The topological polar surface area (TPSA) is 194 Å². The van der Waals surface area contributed by atoms with E-state index < -0.39 is 17.7 Å². The third-order valence-electron chi connectivity index (χ3n) is 5.75. The van der Waals surface area contributed by atoms with E-state index in [1.165, 1.54) is 0 Å². The Morgan fingerprint density at radius 3 is 2.59 bits per heavy atom. The van der Waals surface area contributed by atoms with Gasteiger partial charge in [-0.15, -0.1) is 9.78 Å². The average Bonchev–Trinajstić information content (AvgIpc) is 3.32. The first kappa shape index (κ1) is 27.0. The normalized spacial score (nSPS) is 14.7. The minimum atomic E-state index is -0.833. The van der Waals surface area contributed by atoms with Crippen LogP contribution in [0.25, 0.3) is 5.95 Å². The molecule has 0 aliphatic carbocycles. The van der Waals surface area contributed by atoms with Crippen LogP contribution < -0.4 is 21.5 Å². The monoisotopic (exact) mass is 532 g/mol. The maximum atomic E-state index is 12.7. The molecule has 5 rings (SSSR count). The number of methoxy groups -OCH3 is 1. The quantitative estimate of drug-likeness (QED) is 0.174. The SMILES string of the molecule is CC(=O)O.CO[C@@H]1CCc2ccc(C(Nc3ccc(C(=N)N)cc3)c3nn(-c4ncccn4)c(=O)[nH]3)cc2O1.